The molecule has 1 fully saturated rings. The van der Waals surface area contributed by atoms with E-state index in [2.05, 4.69) is 15.3 Å². The van der Waals surface area contributed by atoms with Gasteiger partial charge in [0.25, 0.3) is 0 Å². The molecule has 4 rings (SSSR count). The summed E-state index contributed by atoms with van der Waals surface area (Å²) in [6.45, 7) is 4.60. The van der Waals surface area contributed by atoms with E-state index in [1.807, 2.05) is 47.3 Å². The standard InChI is InChI=1S/C24H27FN4O2/c1-17(30)26-13-20-14-27-29(22-7-9-23(31-2)10-8-22)24(20)19-11-12-28(16-19)15-18-3-5-21(25)6-4-18/h3-10,14,19H,11-13,15-16H2,1-2H3,(H,26,30)/t19-/m1/s1. The Kier molecular flexibility index (Phi) is 6.32. The predicted molar refractivity (Wildman–Crippen MR) is 117 cm³/mol. The summed E-state index contributed by atoms with van der Waals surface area (Å²) in [7, 11) is 1.65. The largest absolute Gasteiger partial charge is 0.497 e. The number of likely N-dealkylation sites (tertiary alicyclic amines) is 1. The van der Waals surface area contributed by atoms with Crippen LogP contribution in [0.25, 0.3) is 5.69 Å². The van der Waals surface area contributed by atoms with Gasteiger partial charge in [-0.2, -0.15) is 5.10 Å². The molecule has 0 spiro atoms. The molecule has 3 aromatic rings. The first-order valence-electron chi connectivity index (χ1n) is 10.5. The lowest BCUT2D eigenvalue weighted by molar-refractivity contribution is -0.119. The molecule has 1 aliphatic heterocycles. The van der Waals surface area contributed by atoms with Gasteiger partial charge in [-0.3, -0.25) is 9.69 Å². The lowest BCUT2D eigenvalue weighted by Gasteiger charge is -2.18. The first-order valence-corrected chi connectivity index (χ1v) is 10.5. The van der Waals surface area contributed by atoms with Crippen LogP contribution in [0.3, 0.4) is 0 Å². The number of amides is 1. The summed E-state index contributed by atoms with van der Waals surface area (Å²) in [5.74, 6) is 0.803. The number of ether oxygens (including phenoxy) is 1. The highest BCUT2D eigenvalue weighted by Crippen LogP contribution is 2.32. The molecule has 0 saturated carbocycles. The van der Waals surface area contributed by atoms with Crippen LogP contribution in [0, 0.1) is 5.82 Å². The van der Waals surface area contributed by atoms with Crippen molar-refractivity contribution in [3.05, 3.63) is 77.4 Å². The highest BCUT2D eigenvalue weighted by molar-refractivity contribution is 5.72. The van der Waals surface area contributed by atoms with Crippen molar-refractivity contribution in [3.63, 3.8) is 0 Å². The quantitative estimate of drug-likeness (QED) is 0.632. The number of hydrogen-bond donors (Lipinski definition) is 1. The first-order chi connectivity index (χ1) is 15.0. The topological polar surface area (TPSA) is 59.4 Å². The molecule has 0 bridgehead atoms. The Hall–Kier alpha value is -3.19. The summed E-state index contributed by atoms with van der Waals surface area (Å²) in [6, 6.07) is 14.5. The first kappa shape index (κ1) is 21.1. The number of nitrogens with one attached hydrogen (secondary N) is 1. The summed E-state index contributed by atoms with van der Waals surface area (Å²) in [5.41, 5.74) is 4.21. The molecule has 6 nitrogen and oxygen atoms in total. The Labute approximate surface area is 181 Å². The molecular formula is C24H27FN4O2. The van der Waals surface area contributed by atoms with E-state index in [0.29, 0.717) is 6.54 Å². The number of benzene rings is 2. The molecule has 162 valence electrons. The predicted octanol–water partition coefficient (Wildman–Crippen LogP) is 3.65. The molecule has 2 heterocycles. The third kappa shape index (κ3) is 4.94. The van der Waals surface area contributed by atoms with E-state index in [1.54, 1.807) is 7.11 Å². The van der Waals surface area contributed by atoms with Crippen LogP contribution in [0.1, 0.15) is 36.1 Å². The molecule has 0 unspecified atom stereocenters. The number of hydrogen-bond acceptors (Lipinski definition) is 4. The Morgan fingerprint density at radius 3 is 2.61 bits per heavy atom. The third-order valence-corrected chi connectivity index (χ3v) is 5.71. The fourth-order valence-corrected chi connectivity index (χ4v) is 4.16. The van der Waals surface area contributed by atoms with Crippen LogP contribution < -0.4 is 10.1 Å². The van der Waals surface area contributed by atoms with Gasteiger partial charge in [-0.15, -0.1) is 0 Å². The fourth-order valence-electron chi connectivity index (χ4n) is 4.16. The average molecular weight is 423 g/mol. The molecule has 31 heavy (non-hydrogen) atoms. The summed E-state index contributed by atoms with van der Waals surface area (Å²) >= 11 is 0. The summed E-state index contributed by atoms with van der Waals surface area (Å²) in [6.07, 6.45) is 2.84. The summed E-state index contributed by atoms with van der Waals surface area (Å²) in [4.78, 5) is 13.9. The minimum Gasteiger partial charge on any atom is -0.497 e. The van der Waals surface area contributed by atoms with Crippen LogP contribution in [0.2, 0.25) is 0 Å². The van der Waals surface area contributed by atoms with Crippen molar-refractivity contribution >= 4 is 5.91 Å². The highest BCUT2D eigenvalue weighted by atomic mass is 19.1. The van der Waals surface area contributed by atoms with Crippen molar-refractivity contribution in [2.45, 2.75) is 32.4 Å². The zero-order chi connectivity index (χ0) is 21.8. The van der Waals surface area contributed by atoms with Crippen molar-refractivity contribution in [2.75, 3.05) is 20.2 Å². The number of aromatic nitrogens is 2. The Morgan fingerprint density at radius 1 is 1.19 bits per heavy atom. The Balaban J connectivity index is 1.58. The normalized spacial score (nSPS) is 16.4. The van der Waals surface area contributed by atoms with Crippen LogP contribution in [0.5, 0.6) is 5.75 Å². The molecule has 0 aliphatic carbocycles. The van der Waals surface area contributed by atoms with Crippen LogP contribution in [0.15, 0.2) is 54.7 Å². The number of carbonyl (C=O) groups excluding carboxylic acids is 1. The van der Waals surface area contributed by atoms with Gasteiger partial charge in [0.1, 0.15) is 11.6 Å². The van der Waals surface area contributed by atoms with Crippen molar-refractivity contribution in [1.29, 1.82) is 0 Å². The Bertz CT molecular complexity index is 1030. The maximum Gasteiger partial charge on any atom is 0.217 e. The summed E-state index contributed by atoms with van der Waals surface area (Å²) in [5, 5.41) is 7.55. The molecule has 1 aliphatic rings. The van der Waals surface area contributed by atoms with E-state index in [1.165, 1.54) is 19.1 Å². The van der Waals surface area contributed by atoms with Crippen LogP contribution >= 0.6 is 0 Å². The minimum atomic E-state index is -0.214. The van der Waals surface area contributed by atoms with E-state index in [0.717, 1.165) is 54.3 Å². The van der Waals surface area contributed by atoms with Crippen molar-refractivity contribution in [3.8, 4) is 11.4 Å². The summed E-state index contributed by atoms with van der Waals surface area (Å²) < 4.78 is 20.5. The second-order valence-corrected chi connectivity index (χ2v) is 7.92. The third-order valence-electron chi connectivity index (χ3n) is 5.71. The number of nitrogens with zero attached hydrogens (tertiary/aromatic N) is 3. The van der Waals surface area contributed by atoms with Gasteiger partial charge in [-0.25, -0.2) is 9.07 Å². The number of carbonyl (C=O) groups is 1. The lowest BCUT2D eigenvalue weighted by atomic mass is 10.0. The molecule has 2 aromatic carbocycles. The van der Waals surface area contributed by atoms with Gasteiger partial charge in [0.15, 0.2) is 0 Å². The monoisotopic (exact) mass is 422 g/mol. The Morgan fingerprint density at radius 2 is 1.94 bits per heavy atom. The molecular weight excluding hydrogens is 395 g/mol. The highest BCUT2D eigenvalue weighted by Gasteiger charge is 2.29. The van der Waals surface area contributed by atoms with Crippen LogP contribution in [0.4, 0.5) is 4.39 Å². The maximum absolute atomic E-state index is 13.2. The molecule has 1 N–H and O–H groups in total. The molecule has 7 heteroatoms. The van der Waals surface area contributed by atoms with E-state index in [9.17, 15) is 9.18 Å². The minimum absolute atomic E-state index is 0.0625. The average Bonchev–Trinajstić information content (AvgIpc) is 3.40. The van der Waals surface area contributed by atoms with Gasteiger partial charge in [-0.05, 0) is 54.9 Å². The number of methoxy groups -OCH3 is 1. The fraction of sp³-hybridized carbons (Fsp3) is 0.333. The van der Waals surface area contributed by atoms with Gasteiger partial charge in [0, 0.05) is 38.0 Å². The number of rotatable bonds is 7. The molecule has 1 atom stereocenters. The SMILES string of the molecule is COc1ccc(-n2ncc(CNC(C)=O)c2[C@@H]2CCN(Cc3ccc(F)cc3)C2)cc1. The second kappa shape index (κ2) is 9.31. The van der Waals surface area contributed by atoms with Crippen molar-refractivity contribution in [2.24, 2.45) is 0 Å². The van der Waals surface area contributed by atoms with E-state index < -0.39 is 0 Å². The van der Waals surface area contributed by atoms with Crippen LogP contribution in [-0.4, -0.2) is 40.8 Å². The van der Waals surface area contributed by atoms with Crippen molar-refractivity contribution in [1.82, 2.24) is 20.0 Å². The van der Waals surface area contributed by atoms with E-state index in [-0.39, 0.29) is 17.6 Å². The smallest absolute Gasteiger partial charge is 0.217 e. The number of halogens is 1. The molecule has 1 amide bonds. The maximum atomic E-state index is 13.2. The lowest BCUT2D eigenvalue weighted by Crippen LogP contribution is -2.22. The zero-order valence-corrected chi connectivity index (χ0v) is 17.8. The zero-order valence-electron chi connectivity index (χ0n) is 17.8. The second-order valence-electron chi connectivity index (χ2n) is 7.92. The van der Waals surface area contributed by atoms with Crippen molar-refractivity contribution < 1.29 is 13.9 Å². The van der Waals surface area contributed by atoms with E-state index in [4.69, 9.17) is 4.74 Å². The molecule has 0 radical (unpaired) electrons. The van der Waals surface area contributed by atoms with E-state index >= 15 is 0 Å². The van der Waals surface area contributed by atoms with Gasteiger partial charge in [-0.1, -0.05) is 12.1 Å². The van der Waals surface area contributed by atoms with Gasteiger partial charge in [0.2, 0.25) is 5.91 Å². The van der Waals surface area contributed by atoms with Gasteiger partial charge < -0.3 is 10.1 Å². The van der Waals surface area contributed by atoms with Crippen LogP contribution in [-0.2, 0) is 17.9 Å². The van der Waals surface area contributed by atoms with Gasteiger partial charge in [0.05, 0.1) is 24.7 Å². The molecule has 1 saturated heterocycles. The molecule has 1 aromatic heterocycles. The van der Waals surface area contributed by atoms with Gasteiger partial charge >= 0.3 is 0 Å².